The highest BCUT2D eigenvalue weighted by molar-refractivity contribution is 7.17. The van der Waals surface area contributed by atoms with E-state index in [1.807, 2.05) is 6.07 Å². The molecule has 2 heterocycles. The molecule has 0 atom stereocenters. The lowest BCUT2D eigenvalue weighted by atomic mass is 10.1. The number of aromatic nitrogens is 4. The molecular weight excluding hydrogens is 314 g/mol. The third-order valence-corrected chi connectivity index (χ3v) is 3.55. The number of rotatable bonds is 3. The standard InChI is InChI=1S/C12H8ClN5O2S/c1-6-14-10(20-18-6)7-4-2-3-5-8(7)15-9(19)11-16-17-12(13)21-11/h2-5H,1H3,(H,15,19). The van der Waals surface area contributed by atoms with Crippen molar-refractivity contribution >= 4 is 34.5 Å². The summed E-state index contributed by atoms with van der Waals surface area (Å²) in [4.78, 5) is 16.2. The lowest BCUT2D eigenvalue weighted by Crippen LogP contribution is -2.12. The third kappa shape index (κ3) is 2.91. The van der Waals surface area contributed by atoms with Gasteiger partial charge in [0, 0.05) is 0 Å². The van der Waals surface area contributed by atoms with Crippen molar-refractivity contribution in [1.82, 2.24) is 20.3 Å². The zero-order chi connectivity index (χ0) is 14.8. The van der Waals surface area contributed by atoms with E-state index in [2.05, 4.69) is 25.7 Å². The largest absolute Gasteiger partial charge is 0.334 e. The molecule has 0 spiro atoms. The van der Waals surface area contributed by atoms with E-state index in [1.54, 1.807) is 25.1 Å². The Morgan fingerprint density at radius 3 is 2.81 bits per heavy atom. The third-order valence-electron chi connectivity index (χ3n) is 2.53. The van der Waals surface area contributed by atoms with E-state index < -0.39 is 5.91 Å². The monoisotopic (exact) mass is 321 g/mol. The van der Waals surface area contributed by atoms with Crippen LogP contribution in [0.4, 0.5) is 5.69 Å². The normalized spacial score (nSPS) is 10.6. The van der Waals surface area contributed by atoms with Gasteiger partial charge in [-0.1, -0.05) is 28.6 Å². The molecular formula is C12H8ClN5O2S. The summed E-state index contributed by atoms with van der Waals surface area (Å²) in [5, 5.41) is 13.9. The lowest BCUT2D eigenvalue weighted by molar-refractivity contribution is 0.102. The molecule has 0 radical (unpaired) electrons. The number of aryl methyl sites for hydroxylation is 1. The SMILES string of the molecule is Cc1noc(-c2ccccc2NC(=O)c2nnc(Cl)s2)n1. The van der Waals surface area contributed by atoms with Gasteiger partial charge in [-0.3, -0.25) is 4.79 Å². The summed E-state index contributed by atoms with van der Waals surface area (Å²) >= 11 is 6.67. The molecule has 1 N–H and O–H groups in total. The molecule has 0 saturated carbocycles. The highest BCUT2D eigenvalue weighted by Crippen LogP contribution is 2.27. The quantitative estimate of drug-likeness (QED) is 0.797. The van der Waals surface area contributed by atoms with Crippen LogP contribution in [0.1, 0.15) is 15.6 Å². The van der Waals surface area contributed by atoms with Gasteiger partial charge in [-0.25, -0.2) is 0 Å². The number of anilines is 1. The molecule has 2 aromatic heterocycles. The number of nitrogens with one attached hydrogen (secondary N) is 1. The minimum absolute atomic E-state index is 0.177. The van der Waals surface area contributed by atoms with Gasteiger partial charge in [0.05, 0.1) is 11.3 Å². The number of hydrogen-bond donors (Lipinski definition) is 1. The van der Waals surface area contributed by atoms with Gasteiger partial charge < -0.3 is 9.84 Å². The molecule has 0 aliphatic rings. The number of amides is 1. The number of nitrogens with zero attached hydrogens (tertiary/aromatic N) is 4. The van der Waals surface area contributed by atoms with Crippen LogP contribution in [-0.4, -0.2) is 26.2 Å². The van der Waals surface area contributed by atoms with Gasteiger partial charge in [0.25, 0.3) is 11.8 Å². The van der Waals surface area contributed by atoms with E-state index in [9.17, 15) is 4.79 Å². The van der Waals surface area contributed by atoms with E-state index in [1.165, 1.54) is 0 Å². The molecule has 3 aromatic rings. The fraction of sp³-hybridized carbons (Fsp3) is 0.0833. The van der Waals surface area contributed by atoms with Crippen molar-refractivity contribution in [3.8, 4) is 11.5 Å². The van der Waals surface area contributed by atoms with Crippen LogP contribution in [0.2, 0.25) is 4.47 Å². The first-order valence-electron chi connectivity index (χ1n) is 5.83. The van der Waals surface area contributed by atoms with Crippen molar-refractivity contribution in [3.63, 3.8) is 0 Å². The topological polar surface area (TPSA) is 93.8 Å². The molecule has 1 aromatic carbocycles. The molecule has 9 heteroatoms. The van der Waals surface area contributed by atoms with Crippen molar-refractivity contribution < 1.29 is 9.32 Å². The Bertz CT molecular complexity index is 800. The average Bonchev–Trinajstić information content (AvgIpc) is 3.08. The number of halogens is 1. The fourth-order valence-corrected chi connectivity index (χ4v) is 2.38. The first kappa shape index (κ1) is 13.7. The van der Waals surface area contributed by atoms with Gasteiger partial charge in [-0.2, -0.15) is 4.98 Å². The van der Waals surface area contributed by atoms with Gasteiger partial charge in [-0.05, 0) is 30.7 Å². The van der Waals surface area contributed by atoms with Crippen LogP contribution in [0.25, 0.3) is 11.5 Å². The average molecular weight is 322 g/mol. The maximum Gasteiger partial charge on any atom is 0.286 e. The number of benzene rings is 1. The molecule has 0 bridgehead atoms. The van der Waals surface area contributed by atoms with Gasteiger partial charge in [-0.15, -0.1) is 10.2 Å². The smallest absolute Gasteiger partial charge is 0.286 e. The molecule has 0 saturated heterocycles. The molecule has 21 heavy (non-hydrogen) atoms. The molecule has 0 aliphatic carbocycles. The zero-order valence-electron chi connectivity index (χ0n) is 10.7. The van der Waals surface area contributed by atoms with Crippen LogP contribution in [0.15, 0.2) is 28.8 Å². The molecule has 1 amide bonds. The maximum atomic E-state index is 12.1. The first-order valence-corrected chi connectivity index (χ1v) is 7.03. The minimum atomic E-state index is -0.400. The van der Waals surface area contributed by atoms with Gasteiger partial charge >= 0.3 is 0 Å². The summed E-state index contributed by atoms with van der Waals surface area (Å²) in [7, 11) is 0. The molecule has 0 aliphatic heterocycles. The molecule has 106 valence electrons. The highest BCUT2D eigenvalue weighted by Gasteiger charge is 2.16. The van der Waals surface area contributed by atoms with Gasteiger partial charge in [0.15, 0.2) is 5.82 Å². The van der Waals surface area contributed by atoms with E-state index >= 15 is 0 Å². The van der Waals surface area contributed by atoms with Crippen molar-refractivity contribution in [2.45, 2.75) is 6.92 Å². The molecule has 0 fully saturated rings. The second-order valence-corrected chi connectivity index (χ2v) is 5.57. The Morgan fingerprint density at radius 2 is 2.14 bits per heavy atom. The van der Waals surface area contributed by atoms with Gasteiger partial charge in [0.1, 0.15) is 0 Å². The summed E-state index contributed by atoms with van der Waals surface area (Å²) < 4.78 is 5.33. The number of hydrogen-bond acceptors (Lipinski definition) is 7. The summed E-state index contributed by atoms with van der Waals surface area (Å²) in [6.45, 7) is 1.72. The second-order valence-electron chi connectivity index (χ2n) is 4.01. The van der Waals surface area contributed by atoms with Crippen LogP contribution in [0, 0.1) is 6.92 Å². The Morgan fingerprint density at radius 1 is 1.33 bits per heavy atom. The van der Waals surface area contributed by atoms with Crippen LogP contribution >= 0.6 is 22.9 Å². The number of carbonyl (C=O) groups is 1. The van der Waals surface area contributed by atoms with E-state index in [0.29, 0.717) is 23.0 Å². The molecule has 0 unspecified atom stereocenters. The fourth-order valence-electron chi connectivity index (χ4n) is 1.66. The number of carbonyl (C=O) groups excluding carboxylic acids is 1. The van der Waals surface area contributed by atoms with Gasteiger partial charge in [0.2, 0.25) is 9.47 Å². The van der Waals surface area contributed by atoms with E-state index in [0.717, 1.165) is 11.3 Å². The Labute approximate surface area is 128 Å². The summed E-state index contributed by atoms with van der Waals surface area (Å²) in [6.07, 6.45) is 0. The van der Waals surface area contributed by atoms with Crippen molar-refractivity contribution in [1.29, 1.82) is 0 Å². The highest BCUT2D eigenvalue weighted by atomic mass is 35.5. The van der Waals surface area contributed by atoms with Crippen LogP contribution in [-0.2, 0) is 0 Å². The van der Waals surface area contributed by atoms with Crippen molar-refractivity contribution in [3.05, 3.63) is 39.6 Å². The summed E-state index contributed by atoms with van der Waals surface area (Å²) in [5.41, 5.74) is 1.17. The Balaban J connectivity index is 1.91. The Hall–Kier alpha value is -2.32. The maximum absolute atomic E-state index is 12.1. The summed E-state index contributed by atoms with van der Waals surface area (Å²) in [6, 6.07) is 7.10. The predicted octanol–water partition coefficient (Wildman–Crippen LogP) is 2.80. The molecule has 7 nitrogen and oxygen atoms in total. The van der Waals surface area contributed by atoms with E-state index in [-0.39, 0.29) is 9.47 Å². The zero-order valence-corrected chi connectivity index (χ0v) is 12.3. The van der Waals surface area contributed by atoms with Crippen LogP contribution in [0.3, 0.4) is 0 Å². The van der Waals surface area contributed by atoms with Crippen LogP contribution in [0.5, 0.6) is 0 Å². The van der Waals surface area contributed by atoms with E-state index in [4.69, 9.17) is 16.1 Å². The Kier molecular flexibility index (Phi) is 3.63. The number of para-hydroxylation sites is 1. The summed E-state index contributed by atoms with van der Waals surface area (Å²) in [5.74, 6) is 0.448. The molecule has 3 rings (SSSR count). The second kappa shape index (κ2) is 5.58. The van der Waals surface area contributed by atoms with Crippen LogP contribution < -0.4 is 5.32 Å². The minimum Gasteiger partial charge on any atom is -0.334 e. The van der Waals surface area contributed by atoms with Crippen molar-refractivity contribution in [2.24, 2.45) is 0 Å². The van der Waals surface area contributed by atoms with Crippen molar-refractivity contribution in [2.75, 3.05) is 5.32 Å². The first-order chi connectivity index (χ1) is 10.1. The predicted molar refractivity (Wildman–Crippen MR) is 77.3 cm³/mol. The lowest BCUT2D eigenvalue weighted by Gasteiger charge is -2.06.